The number of benzene rings is 2. The molecule has 3 N–H and O–H groups in total. The molecule has 3 heteroatoms. The molecule has 2 aromatic rings. The van der Waals surface area contributed by atoms with Gasteiger partial charge >= 0.3 is 0 Å². The van der Waals surface area contributed by atoms with Crippen LogP contribution >= 0.6 is 0 Å². The van der Waals surface area contributed by atoms with E-state index in [0.717, 1.165) is 35.3 Å². The van der Waals surface area contributed by atoms with E-state index in [1.54, 1.807) is 0 Å². The molecule has 0 spiro atoms. The van der Waals surface area contributed by atoms with Gasteiger partial charge in [0.25, 0.3) is 0 Å². The van der Waals surface area contributed by atoms with Crippen molar-refractivity contribution < 1.29 is 4.79 Å². The number of anilines is 2. The van der Waals surface area contributed by atoms with E-state index < -0.39 is 0 Å². The molecule has 0 aromatic heterocycles. The first-order valence-corrected chi connectivity index (χ1v) is 6.91. The normalized spacial score (nSPS) is 10.2. The maximum Gasteiger partial charge on any atom is 0.224 e. The van der Waals surface area contributed by atoms with E-state index >= 15 is 0 Å². The average molecular weight is 268 g/mol. The molecule has 1 amide bonds. The number of nitrogen functional groups attached to an aromatic ring is 1. The molecular formula is C17H20N2O. The van der Waals surface area contributed by atoms with Crippen molar-refractivity contribution in [1.82, 2.24) is 0 Å². The van der Waals surface area contributed by atoms with Crippen LogP contribution in [-0.2, 0) is 17.6 Å². The van der Waals surface area contributed by atoms with Gasteiger partial charge in [0.05, 0.1) is 0 Å². The molecule has 0 bridgehead atoms. The maximum atomic E-state index is 12.0. The number of para-hydroxylation sites is 1. The molecule has 2 rings (SSSR count). The Bertz CT molecular complexity index is 576. The molecule has 2 aromatic carbocycles. The van der Waals surface area contributed by atoms with Gasteiger partial charge < -0.3 is 11.1 Å². The van der Waals surface area contributed by atoms with E-state index in [9.17, 15) is 4.79 Å². The van der Waals surface area contributed by atoms with Crippen LogP contribution in [0.3, 0.4) is 0 Å². The first kappa shape index (κ1) is 14.1. The van der Waals surface area contributed by atoms with Crippen molar-refractivity contribution in [2.24, 2.45) is 0 Å². The van der Waals surface area contributed by atoms with Gasteiger partial charge in [0.2, 0.25) is 5.91 Å². The summed E-state index contributed by atoms with van der Waals surface area (Å²) in [6.07, 6.45) is 2.11. The minimum Gasteiger partial charge on any atom is -0.399 e. The van der Waals surface area contributed by atoms with Crippen molar-refractivity contribution in [2.75, 3.05) is 11.1 Å². The summed E-state index contributed by atoms with van der Waals surface area (Å²) in [5.74, 6) is 0.0442. The quantitative estimate of drug-likeness (QED) is 0.816. The Morgan fingerprint density at radius 1 is 1.10 bits per heavy atom. The predicted octanol–water partition coefficient (Wildman–Crippen LogP) is 3.40. The molecule has 3 nitrogen and oxygen atoms in total. The Labute approximate surface area is 119 Å². The van der Waals surface area contributed by atoms with Crippen LogP contribution in [0.25, 0.3) is 0 Å². The summed E-state index contributed by atoms with van der Waals surface area (Å²) in [7, 11) is 0. The Hall–Kier alpha value is -2.29. The van der Waals surface area contributed by atoms with Crippen LogP contribution < -0.4 is 11.1 Å². The Morgan fingerprint density at radius 3 is 2.50 bits per heavy atom. The van der Waals surface area contributed by atoms with Gasteiger partial charge in [0.1, 0.15) is 0 Å². The Kier molecular flexibility index (Phi) is 4.77. The molecule has 0 saturated heterocycles. The fourth-order valence-corrected chi connectivity index (χ4v) is 2.11. The fourth-order valence-electron chi connectivity index (χ4n) is 2.11. The second kappa shape index (κ2) is 6.75. The van der Waals surface area contributed by atoms with Crippen molar-refractivity contribution >= 4 is 17.3 Å². The molecular weight excluding hydrogens is 248 g/mol. The zero-order valence-electron chi connectivity index (χ0n) is 11.7. The summed E-state index contributed by atoms with van der Waals surface area (Å²) in [5.41, 5.74) is 9.58. The average Bonchev–Trinajstić information content (AvgIpc) is 2.47. The summed E-state index contributed by atoms with van der Waals surface area (Å²) >= 11 is 0. The molecule has 0 fully saturated rings. The molecule has 0 heterocycles. The molecule has 0 aliphatic carbocycles. The van der Waals surface area contributed by atoms with Crippen molar-refractivity contribution in [2.45, 2.75) is 26.2 Å². The third-order valence-electron chi connectivity index (χ3n) is 3.29. The molecule has 0 aliphatic heterocycles. The largest absolute Gasteiger partial charge is 0.399 e. The lowest BCUT2D eigenvalue weighted by molar-refractivity contribution is -0.116. The van der Waals surface area contributed by atoms with Crippen LogP contribution in [0.15, 0.2) is 48.5 Å². The lowest BCUT2D eigenvalue weighted by Gasteiger charge is -2.09. The van der Waals surface area contributed by atoms with E-state index in [0.29, 0.717) is 6.42 Å². The lowest BCUT2D eigenvalue weighted by atomic mass is 10.1. The van der Waals surface area contributed by atoms with Gasteiger partial charge in [0, 0.05) is 17.8 Å². The number of carbonyl (C=O) groups excluding carboxylic acids is 1. The van der Waals surface area contributed by atoms with Gasteiger partial charge in [-0.15, -0.1) is 0 Å². The maximum absolute atomic E-state index is 12.0. The predicted molar refractivity (Wildman–Crippen MR) is 83.6 cm³/mol. The second-order valence-electron chi connectivity index (χ2n) is 4.80. The fraction of sp³-hybridized carbons (Fsp3) is 0.235. The molecule has 0 saturated carbocycles. The van der Waals surface area contributed by atoms with Gasteiger partial charge in [-0.05, 0) is 42.2 Å². The standard InChI is InChI=1S/C17H20N2O/c1-2-14-5-3-4-6-16(14)19-17(20)12-9-13-7-10-15(18)11-8-13/h3-8,10-11H,2,9,12,18H2,1H3,(H,19,20). The van der Waals surface area contributed by atoms with Crippen LogP contribution in [0.1, 0.15) is 24.5 Å². The number of carbonyl (C=O) groups is 1. The van der Waals surface area contributed by atoms with Crippen LogP contribution in [0, 0.1) is 0 Å². The van der Waals surface area contributed by atoms with E-state index in [1.165, 1.54) is 0 Å². The minimum atomic E-state index is 0.0442. The van der Waals surface area contributed by atoms with Crippen LogP contribution in [0.2, 0.25) is 0 Å². The molecule has 20 heavy (non-hydrogen) atoms. The van der Waals surface area contributed by atoms with Gasteiger partial charge in [-0.2, -0.15) is 0 Å². The van der Waals surface area contributed by atoms with Crippen molar-refractivity contribution in [1.29, 1.82) is 0 Å². The number of hydrogen-bond acceptors (Lipinski definition) is 2. The van der Waals surface area contributed by atoms with Crippen molar-refractivity contribution in [3.05, 3.63) is 59.7 Å². The highest BCUT2D eigenvalue weighted by atomic mass is 16.1. The zero-order chi connectivity index (χ0) is 14.4. The summed E-state index contributed by atoms with van der Waals surface area (Å²) in [5, 5.41) is 2.98. The van der Waals surface area contributed by atoms with Crippen molar-refractivity contribution in [3.8, 4) is 0 Å². The Morgan fingerprint density at radius 2 is 1.80 bits per heavy atom. The highest BCUT2D eigenvalue weighted by molar-refractivity contribution is 5.91. The van der Waals surface area contributed by atoms with Gasteiger partial charge in [-0.3, -0.25) is 4.79 Å². The minimum absolute atomic E-state index is 0.0442. The van der Waals surface area contributed by atoms with Crippen LogP contribution in [-0.4, -0.2) is 5.91 Å². The van der Waals surface area contributed by atoms with E-state index in [2.05, 4.69) is 12.2 Å². The second-order valence-corrected chi connectivity index (χ2v) is 4.80. The molecule has 0 unspecified atom stereocenters. The summed E-state index contributed by atoms with van der Waals surface area (Å²) in [4.78, 5) is 12.0. The SMILES string of the molecule is CCc1ccccc1NC(=O)CCc1ccc(N)cc1. The van der Waals surface area contributed by atoms with Crippen molar-refractivity contribution in [3.63, 3.8) is 0 Å². The third kappa shape index (κ3) is 3.85. The Balaban J connectivity index is 1.91. The van der Waals surface area contributed by atoms with E-state index in [-0.39, 0.29) is 5.91 Å². The number of hydrogen-bond donors (Lipinski definition) is 2. The highest BCUT2D eigenvalue weighted by Gasteiger charge is 2.05. The topological polar surface area (TPSA) is 55.1 Å². The third-order valence-corrected chi connectivity index (χ3v) is 3.29. The van der Waals surface area contributed by atoms with Crippen LogP contribution in [0.4, 0.5) is 11.4 Å². The first-order chi connectivity index (χ1) is 9.69. The first-order valence-electron chi connectivity index (χ1n) is 6.91. The summed E-state index contributed by atoms with van der Waals surface area (Å²) in [6.45, 7) is 2.08. The monoisotopic (exact) mass is 268 g/mol. The summed E-state index contributed by atoms with van der Waals surface area (Å²) in [6, 6.07) is 15.6. The van der Waals surface area contributed by atoms with E-state index in [1.807, 2.05) is 48.5 Å². The molecule has 104 valence electrons. The molecule has 0 aliphatic rings. The van der Waals surface area contributed by atoms with Gasteiger partial charge in [-0.1, -0.05) is 37.3 Å². The lowest BCUT2D eigenvalue weighted by Crippen LogP contribution is -2.13. The number of nitrogens with two attached hydrogens (primary N) is 1. The summed E-state index contributed by atoms with van der Waals surface area (Å²) < 4.78 is 0. The highest BCUT2D eigenvalue weighted by Crippen LogP contribution is 2.16. The number of rotatable bonds is 5. The number of amides is 1. The van der Waals surface area contributed by atoms with Gasteiger partial charge in [-0.25, -0.2) is 0 Å². The number of nitrogens with one attached hydrogen (secondary N) is 1. The molecule has 0 atom stereocenters. The number of aryl methyl sites for hydroxylation is 2. The van der Waals surface area contributed by atoms with Gasteiger partial charge in [0.15, 0.2) is 0 Å². The van der Waals surface area contributed by atoms with Crippen LogP contribution in [0.5, 0.6) is 0 Å². The zero-order valence-corrected chi connectivity index (χ0v) is 11.7. The smallest absolute Gasteiger partial charge is 0.224 e. The van der Waals surface area contributed by atoms with E-state index in [4.69, 9.17) is 5.73 Å². The molecule has 0 radical (unpaired) electrons.